The Morgan fingerprint density at radius 1 is 1.22 bits per heavy atom. The van der Waals surface area contributed by atoms with Crippen LogP contribution in [0, 0.1) is 0 Å². The smallest absolute Gasteiger partial charge is 0.241 e. The minimum atomic E-state index is -3.15. The largest absolute Gasteiger partial charge is 0.311 e. The quantitative estimate of drug-likeness (QED) is 0.873. The van der Waals surface area contributed by atoms with Crippen LogP contribution in [0.1, 0.15) is 18.4 Å². The molecule has 1 amide bonds. The Morgan fingerprint density at radius 2 is 1.91 bits per heavy atom. The summed E-state index contributed by atoms with van der Waals surface area (Å²) in [6.45, 7) is 2.65. The molecule has 126 valence electrons. The molecule has 0 aliphatic carbocycles. The van der Waals surface area contributed by atoms with Crippen molar-refractivity contribution >= 4 is 21.6 Å². The predicted molar refractivity (Wildman–Crippen MR) is 89.9 cm³/mol. The molecule has 1 fully saturated rings. The first kappa shape index (κ1) is 16.4. The fourth-order valence-corrected chi connectivity index (χ4v) is 4.23. The van der Waals surface area contributed by atoms with Crippen molar-refractivity contribution in [1.29, 1.82) is 0 Å². The molecule has 1 N–H and O–H groups in total. The summed E-state index contributed by atoms with van der Waals surface area (Å²) in [5.41, 5.74) is 2.27. The van der Waals surface area contributed by atoms with Gasteiger partial charge >= 0.3 is 0 Å². The molecule has 2 aliphatic rings. The van der Waals surface area contributed by atoms with Gasteiger partial charge in [0.25, 0.3) is 0 Å². The van der Waals surface area contributed by atoms with Crippen LogP contribution >= 0.6 is 0 Å². The topological polar surface area (TPSA) is 69.7 Å². The molecule has 2 aliphatic heterocycles. The van der Waals surface area contributed by atoms with Crippen molar-refractivity contribution in [3.63, 3.8) is 0 Å². The van der Waals surface area contributed by atoms with Crippen LogP contribution in [0.25, 0.3) is 0 Å². The van der Waals surface area contributed by atoms with Gasteiger partial charge in [-0.15, -0.1) is 0 Å². The van der Waals surface area contributed by atoms with E-state index >= 15 is 0 Å². The molecule has 0 aromatic heterocycles. The van der Waals surface area contributed by atoms with E-state index in [-0.39, 0.29) is 11.9 Å². The van der Waals surface area contributed by atoms with Crippen LogP contribution in [0.2, 0.25) is 0 Å². The van der Waals surface area contributed by atoms with Gasteiger partial charge in [-0.1, -0.05) is 18.2 Å². The minimum Gasteiger partial charge on any atom is -0.311 e. The summed E-state index contributed by atoms with van der Waals surface area (Å²) in [5.74, 6) is 0.129. The predicted octanol–water partition coefficient (Wildman–Crippen LogP) is 0.589. The highest BCUT2D eigenvalue weighted by Gasteiger charge is 2.27. The number of fused-ring (bicyclic) bond motifs is 1. The number of para-hydroxylation sites is 1. The number of benzene rings is 1. The summed E-state index contributed by atoms with van der Waals surface area (Å²) >= 11 is 0. The SMILES string of the molecule is CS(=O)(=O)NC1CCN(CC(=O)N2CCc3ccccc32)CC1. The van der Waals surface area contributed by atoms with E-state index in [9.17, 15) is 13.2 Å². The van der Waals surface area contributed by atoms with Crippen LogP contribution < -0.4 is 9.62 Å². The van der Waals surface area contributed by atoms with Crippen LogP contribution in [-0.2, 0) is 21.2 Å². The third-order valence-electron chi connectivity index (χ3n) is 4.52. The zero-order valence-corrected chi connectivity index (χ0v) is 14.2. The van der Waals surface area contributed by atoms with Gasteiger partial charge in [-0.05, 0) is 30.9 Å². The number of carbonyl (C=O) groups is 1. The highest BCUT2D eigenvalue weighted by atomic mass is 32.2. The van der Waals surface area contributed by atoms with Gasteiger partial charge in [0.15, 0.2) is 0 Å². The summed E-state index contributed by atoms with van der Waals surface area (Å²) in [7, 11) is -3.15. The average molecular weight is 337 g/mol. The van der Waals surface area contributed by atoms with Gasteiger partial charge in [0.1, 0.15) is 0 Å². The lowest BCUT2D eigenvalue weighted by molar-refractivity contribution is -0.119. The second-order valence-corrected chi connectivity index (χ2v) is 8.14. The Kier molecular flexibility index (Phi) is 4.70. The molecule has 0 spiro atoms. The Balaban J connectivity index is 1.53. The van der Waals surface area contributed by atoms with Crippen molar-refractivity contribution in [3.05, 3.63) is 29.8 Å². The molecule has 1 aromatic rings. The molecular weight excluding hydrogens is 314 g/mol. The van der Waals surface area contributed by atoms with E-state index in [1.807, 2.05) is 23.1 Å². The lowest BCUT2D eigenvalue weighted by Crippen LogP contribution is -2.47. The van der Waals surface area contributed by atoms with Gasteiger partial charge in [0.2, 0.25) is 15.9 Å². The molecule has 0 atom stereocenters. The van der Waals surface area contributed by atoms with Gasteiger partial charge in [0, 0.05) is 31.4 Å². The number of nitrogens with zero attached hydrogens (tertiary/aromatic N) is 2. The Morgan fingerprint density at radius 3 is 2.61 bits per heavy atom. The van der Waals surface area contributed by atoms with E-state index in [4.69, 9.17) is 0 Å². The number of rotatable bonds is 4. The first-order valence-electron chi connectivity index (χ1n) is 8.00. The highest BCUT2D eigenvalue weighted by Crippen LogP contribution is 2.27. The van der Waals surface area contributed by atoms with E-state index in [0.29, 0.717) is 6.54 Å². The number of amides is 1. The Labute approximate surface area is 137 Å². The van der Waals surface area contributed by atoms with E-state index in [1.165, 1.54) is 11.8 Å². The minimum absolute atomic E-state index is 0.0103. The summed E-state index contributed by atoms with van der Waals surface area (Å²) in [4.78, 5) is 16.5. The van der Waals surface area contributed by atoms with Gasteiger partial charge in [0.05, 0.1) is 12.8 Å². The fourth-order valence-electron chi connectivity index (χ4n) is 3.39. The van der Waals surface area contributed by atoms with Gasteiger partial charge in [-0.2, -0.15) is 0 Å². The molecule has 0 radical (unpaired) electrons. The van der Waals surface area contributed by atoms with E-state index < -0.39 is 10.0 Å². The Hall–Kier alpha value is -1.44. The number of anilines is 1. The number of sulfonamides is 1. The standard InChI is InChI=1S/C16H23N3O3S/c1-23(21,22)17-14-7-9-18(10-8-14)12-16(20)19-11-6-13-4-2-3-5-15(13)19/h2-5,14,17H,6-12H2,1H3. The van der Waals surface area contributed by atoms with Gasteiger partial charge in [-0.25, -0.2) is 13.1 Å². The molecule has 3 rings (SSSR count). The molecule has 0 bridgehead atoms. The zero-order chi connectivity index (χ0) is 16.4. The summed E-state index contributed by atoms with van der Waals surface area (Å²) < 4.78 is 25.2. The van der Waals surface area contributed by atoms with E-state index in [2.05, 4.69) is 15.7 Å². The van der Waals surface area contributed by atoms with Crippen molar-refractivity contribution in [1.82, 2.24) is 9.62 Å². The molecule has 1 saturated heterocycles. The molecule has 1 aromatic carbocycles. The molecule has 6 nitrogen and oxygen atoms in total. The third kappa shape index (κ3) is 4.10. The number of hydrogen-bond acceptors (Lipinski definition) is 4. The highest BCUT2D eigenvalue weighted by molar-refractivity contribution is 7.88. The molecule has 2 heterocycles. The number of nitrogens with one attached hydrogen (secondary N) is 1. The van der Waals surface area contributed by atoms with E-state index in [1.54, 1.807) is 0 Å². The number of piperidine rings is 1. The molecule has 7 heteroatoms. The van der Waals surface area contributed by atoms with Crippen LogP contribution in [0.5, 0.6) is 0 Å². The third-order valence-corrected chi connectivity index (χ3v) is 5.28. The van der Waals surface area contributed by atoms with Crippen LogP contribution in [0.3, 0.4) is 0 Å². The zero-order valence-electron chi connectivity index (χ0n) is 13.4. The summed E-state index contributed by atoms with van der Waals surface area (Å²) in [6.07, 6.45) is 3.60. The van der Waals surface area contributed by atoms with Crippen molar-refractivity contribution < 1.29 is 13.2 Å². The lowest BCUT2D eigenvalue weighted by Gasteiger charge is -2.32. The second-order valence-electron chi connectivity index (χ2n) is 6.36. The summed E-state index contributed by atoms with van der Waals surface area (Å²) in [5, 5.41) is 0. The number of carbonyl (C=O) groups excluding carboxylic acids is 1. The van der Waals surface area contributed by atoms with Crippen molar-refractivity contribution in [2.45, 2.75) is 25.3 Å². The van der Waals surface area contributed by atoms with Crippen LogP contribution in [-0.4, -0.2) is 57.7 Å². The normalized spacial score (nSPS) is 19.8. The maximum Gasteiger partial charge on any atom is 0.241 e. The monoisotopic (exact) mass is 337 g/mol. The van der Waals surface area contributed by atoms with Crippen LogP contribution in [0.15, 0.2) is 24.3 Å². The number of likely N-dealkylation sites (tertiary alicyclic amines) is 1. The summed E-state index contributed by atoms with van der Waals surface area (Å²) in [6, 6.07) is 8.04. The van der Waals surface area contributed by atoms with E-state index in [0.717, 1.165) is 44.6 Å². The lowest BCUT2D eigenvalue weighted by atomic mass is 10.1. The van der Waals surface area contributed by atoms with Gasteiger partial charge in [-0.3, -0.25) is 9.69 Å². The van der Waals surface area contributed by atoms with Crippen LogP contribution in [0.4, 0.5) is 5.69 Å². The maximum atomic E-state index is 12.6. The molecular formula is C16H23N3O3S. The van der Waals surface area contributed by atoms with Gasteiger partial charge < -0.3 is 4.90 Å². The maximum absolute atomic E-state index is 12.6. The Bertz CT molecular complexity index is 682. The molecule has 0 unspecified atom stereocenters. The average Bonchev–Trinajstić information content (AvgIpc) is 2.92. The molecule has 23 heavy (non-hydrogen) atoms. The van der Waals surface area contributed by atoms with Crippen molar-refractivity contribution in [2.24, 2.45) is 0 Å². The fraction of sp³-hybridized carbons (Fsp3) is 0.562. The molecule has 0 saturated carbocycles. The number of hydrogen-bond donors (Lipinski definition) is 1. The van der Waals surface area contributed by atoms with Crippen molar-refractivity contribution in [3.8, 4) is 0 Å². The first-order valence-corrected chi connectivity index (χ1v) is 9.89. The second kappa shape index (κ2) is 6.59. The first-order chi connectivity index (χ1) is 10.9. The van der Waals surface area contributed by atoms with Crippen molar-refractivity contribution in [2.75, 3.05) is 37.3 Å².